The standard InChI is InChI=1S/C25H34N2O7/c1-15-11-18(32-3)9-10-20(28)16(2)24(30)33-14-21-22(27-25(31)34-21)19(23(15)29)13-26-12-17-7-5-4-6-8-17/h4-8,15-16,18-19,21-22,26H,9-14H2,1-3H3,(H,27,31)/t15-,16?,18?,19?,21?,22?/m1/s1. The van der Waals surface area contributed by atoms with E-state index in [4.69, 9.17) is 14.2 Å². The van der Waals surface area contributed by atoms with Crippen LogP contribution in [-0.2, 0) is 35.1 Å². The summed E-state index contributed by atoms with van der Waals surface area (Å²) in [4.78, 5) is 50.5. The zero-order chi connectivity index (χ0) is 24.7. The Balaban J connectivity index is 1.82. The summed E-state index contributed by atoms with van der Waals surface area (Å²) in [6.07, 6.45) is -0.809. The number of Topliss-reactive ketones (excluding diaryl/α,β-unsaturated/α-hetero) is 2. The van der Waals surface area contributed by atoms with Gasteiger partial charge in [0.2, 0.25) is 0 Å². The van der Waals surface area contributed by atoms with Crippen molar-refractivity contribution in [1.82, 2.24) is 10.6 Å². The lowest BCUT2D eigenvalue weighted by atomic mass is 9.82. The highest BCUT2D eigenvalue weighted by Crippen LogP contribution is 2.25. The van der Waals surface area contributed by atoms with E-state index in [1.54, 1.807) is 7.11 Å². The lowest BCUT2D eigenvalue weighted by molar-refractivity contribution is -0.154. The van der Waals surface area contributed by atoms with Gasteiger partial charge in [0.1, 0.15) is 24.1 Å². The maximum atomic E-state index is 13.6. The van der Waals surface area contributed by atoms with Gasteiger partial charge in [0.05, 0.1) is 18.1 Å². The molecule has 9 nitrogen and oxygen atoms in total. The third kappa shape index (κ3) is 6.64. The molecule has 34 heavy (non-hydrogen) atoms. The molecule has 1 amide bonds. The van der Waals surface area contributed by atoms with Crippen LogP contribution in [0.5, 0.6) is 0 Å². The number of esters is 1. The van der Waals surface area contributed by atoms with Crippen LogP contribution in [0, 0.1) is 17.8 Å². The maximum absolute atomic E-state index is 13.6. The summed E-state index contributed by atoms with van der Waals surface area (Å²) in [5.41, 5.74) is 1.07. The topological polar surface area (TPSA) is 120 Å². The Labute approximate surface area is 199 Å². The first-order valence-electron chi connectivity index (χ1n) is 11.8. The fraction of sp³-hybridized carbons (Fsp3) is 0.600. The van der Waals surface area contributed by atoms with E-state index >= 15 is 0 Å². The van der Waals surface area contributed by atoms with Crippen LogP contribution in [0.2, 0.25) is 0 Å². The molecule has 0 saturated carbocycles. The van der Waals surface area contributed by atoms with Crippen molar-refractivity contribution in [3.63, 3.8) is 0 Å². The number of ketones is 2. The lowest BCUT2D eigenvalue weighted by Crippen LogP contribution is -2.50. The third-order valence-corrected chi connectivity index (χ3v) is 6.65. The number of hydrogen-bond donors (Lipinski definition) is 2. The number of alkyl carbamates (subject to hydrolysis) is 1. The fourth-order valence-electron chi connectivity index (χ4n) is 4.49. The minimum Gasteiger partial charge on any atom is -0.461 e. The molecule has 2 heterocycles. The summed E-state index contributed by atoms with van der Waals surface area (Å²) >= 11 is 0. The largest absolute Gasteiger partial charge is 0.461 e. The number of carbonyl (C=O) groups excluding carboxylic acids is 4. The molecule has 1 aromatic carbocycles. The van der Waals surface area contributed by atoms with Gasteiger partial charge in [0, 0.05) is 32.5 Å². The first-order valence-corrected chi connectivity index (χ1v) is 11.8. The fourth-order valence-corrected chi connectivity index (χ4v) is 4.49. The third-order valence-electron chi connectivity index (χ3n) is 6.65. The molecular formula is C25H34N2O7. The van der Waals surface area contributed by atoms with Gasteiger partial charge in [-0.1, -0.05) is 37.3 Å². The molecule has 2 saturated heterocycles. The molecular weight excluding hydrogens is 440 g/mol. The van der Waals surface area contributed by atoms with E-state index in [0.717, 1.165) is 5.56 Å². The summed E-state index contributed by atoms with van der Waals surface area (Å²) in [5, 5.41) is 6.05. The van der Waals surface area contributed by atoms with Gasteiger partial charge in [-0.15, -0.1) is 0 Å². The Morgan fingerprint density at radius 2 is 1.85 bits per heavy atom. The number of fused-ring (bicyclic) bond motifs is 1. The van der Waals surface area contributed by atoms with Crippen LogP contribution >= 0.6 is 0 Å². The molecule has 2 fully saturated rings. The monoisotopic (exact) mass is 474 g/mol. The molecule has 0 bridgehead atoms. The Bertz CT molecular complexity index is 875. The Morgan fingerprint density at radius 3 is 2.56 bits per heavy atom. The Hall–Kier alpha value is -2.78. The highest BCUT2D eigenvalue weighted by atomic mass is 16.6. The van der Waals surface area contributed by atoms with E-state index in [9.17, 15) is 19.2 Å². The Morgan fingerprint density at radius 1 is 1.12 bits per heavy atom. The number of rotatable bonds is 5. The van der Waals surface area contributed by atoms with Gasteiger partial charge in [0.15, 0.2) is 6.10 Å². The zero-order valence-electron chi connectivity index (χ0n) is 20.0. The SMILES string of the molecule is COC1CCC(=O)C(C)C(=O)OCC2OC(=O)NC2C(CNCc2ccccc2)C(=O)[C@H](C)C1. The second kappa shape index (κ2) is 12.1. The quantitative estimate of drug-likeness (QED) is 0.491. The van der Waals surface area contributed by atoms with Crippen LogP contribution in [0.1, 0.15) is 38.7 Å². The molecule has 186 valence electrons. The van der Waals surface area contributed by atoms with Crippen LogP contribution in [-0.4, -0.2) is 62.1 Å². The van der Waals surface area contributed by atoms with Gasteiger partial charge in [-0.05, 0) is 25.3 Å². The normalized spacial score (nSPS) is 31.1. The minimum atomic E-state index is -0.925. The number of carbonyl (C=O) groups is 4. The van der Waals surface area contributed by atoms with Crippen molar-refractivity contribution in [2.75, 3.05) is 20.3 Å². The van der Waals surface area contributed by atoms with Crippen LogP contribution in [0.3, 0.4) is 0 Å². The summed E-state index contributed by atoms with van der Waals surface area (Å²) < 4.78 is 16.2. The van der Waals surface area contributed by atoms with Crippen molar-refractivity contribution in [2.45, 2.75) is 57.9 Å². The number of ether oxygens (including phenoxy) is 3. The van der Waals surface area contributed by atoms with E-state index in [-0.39, 0.29) is 36.6 Å². The van der Waals surface area contributed by atoms with Crippen molar-refractivity contribution in [1.29, 1.82) is 0 Å². The average Bonchev–Trinajstić information content (AvgIpc) is 3.21. The molecule has 2 aliphatic heterocycles. The molecule has 3 rings (SSSR count). The Kier molecular flexibility index (Phi) is 9.18. The molecule has 6 atom stereocenters. The second-order valence-corrected chi connectivity index (χ2v) is 9.09. The average molecular weight is 475 g/mol. The van der Waals surface area contributed by atoms with Crippen LogP contribution < -0.4 is 10.6 Å². The molecule has 2 aliphatic rings. The molecule has 0 aliphatic carbocycles. The predicted octanol–water partition coefficient (Wildman–Crippen LogP) is 2.02. The first-order chi connectivity index (χ1) is 16.3. The number of hydrogen-bond acceptors (Lipinski definition) is 8. The van der Waals surface area contributed by atoms with Gasteiger partial charge in [-0.25, -0.2) is 4.79 Å². The van der Waals surface area contributed by atoms with Crippen LogP contribution in [0.4, 0.5) is 4.79 Å². The number of cyclic esters (lactones) is 1. The lowest BCUT2D eigenvalue weighted by Gasteiger charge is -2.29. The van der Waals surface area contributed by atoms with E-state index < -0.39 is 36.0 Å². The molecule has 2 N–H and O–H groups in total. The molecule has 5 unspecified atom stereocenters. The van der Waals surface area contributed by atoms with Gasteiger partial charge in [-0.3, -0.25) is 14.4 Å². The molecule has 1 aromatic rings. The van der Waals surface area contributed by atoms with E-state index in [0.29, 0.717) is 25.9 Å². The van der Waals surface area contributed by atoms with Crippen molar-refractivity contribution < 1.29 is 33.4 Å². The highest BCUT2D eigenvalue weighted by Gasteiger charge is 2.44. The minimum absolute atomic E-state index is 0.0495. The van der Waals surface area contributed by atoms with Crippen LogP contribution in [0.15, 0.2) is 30.3 Å². The second-order valence-electron chi connectivity index (χ2n) is 9.09. The number of nitrogens with one attached hydrogen (secondary N) is 2. The molecule has 0 radical (unpaired) electrons. The van der Waals surface area contributed by atoms with E-state index in [1.165, 1.54) is 6.92 Å². The van der Waals surface area contributed by atoms with Gasteiger partial charge < -0.3 is 24.8 Å². The van der Waals surface area contributed by atoms with E-state index in [2.05, 4.69) is 10.6 Å². The molecule has 9 heteroatoms. The zero-order valence-corrected chi connectivity index (χ0v) is 20.0. The van der Waals surface area contributed by atoms with Crippen LogP contribution in [0.25, 0.3) is 0 Å². The van der Waals surface area contributed by atoms with E-state index in [1.807, 2.05) is 37.3 Å². The molecule has 0 spiro atoms. The highest BCUT2D eigenvalue weighted by molar-refractivity contribution is 5.98. The van der Waals surface area contributed by atoms with Crippen molar-refractivity contribution >= 4 is 23.6 Å². The van der Waals surface area contributed by atoms with Gasteiger partial charge >= 0.3 is 12.1 Å². The maximum Gasteiger partial charge on any atom is 0.407 e. The van der Waals surface area contributed by atoms with Crippen molar-refractivity contribution in [3.8, 4) is 0 Å². The number of methoxy groups -OCH3 is 1. The summed E-state index contributed by atoms with van der Waals surface area (Å²) in [6.45, 7) is 3.99. The predicted molar refractivity (Wildman–Crippen MR) is 123 cm³/mol. The number of amides is 1. The summed E-state index contributed by atoms with van der Waals surface area (Å²) in [6, 6.07) is 9.12. The van der Waals surface area contributed by atoms with Gasteiger partial charge in [-0.2, -0.15) is 0 Å². The van der Waals surface area contributed by atoms with Gasteiger partial charge in [0.25, 0.3) is 0 Å². The summed E-state index contributed by atoms with van der Waals surface area (Å²) in [5.74, 6) is -2.86. The summed E-state index contributed by atoms with van der Waals surface area (Å²) in [7, 11) is 1.55. The van der Waals surface area contributed by atoms with Crippen molar-refractivity contribution in [2.24, 2.45) is 17.8 Å². The van der Waals surface area contributed by atoms with Crippen molar-refractivity contribution in [3.05, 3.63) is 35.9 Å². The number of benzene rings is 1. The smallest absolute Gasteiger partial charge is 0.407 e. The first kappa shape index (κ1) is 25.8. The molecule has 0 aromatic heterocycles.